The summed E-state index contributed by atoms with van der Waals surface area (Å²) in [5.74, 6) is 0.419. The first-order chi connectivity index (χ1) is 12.9. The van der Waals surface area contributed by atoms with E-state index in [1.807, 2.05) is 67.5 Å². The molecule has 7 heteroatoms. The molecule has 0 spiro atoms. The number of ether oxygens (including phenoxy) is 1. The molecule has 1 fully saturated rings. The molecule has 5 nitrogen and oxygen atoms in total. The molecular formula is C20H19BrN2O3S. The molecule has 27 heavy (non-hydrogen) atoms. The van der Waals surface area contributed by atoms with Crippen LogP contribution in [0.4, 0.5) is 10.5 Å². The molecule has 0 bridgehead atoms. The number of nitrogens with zero attached hydrogens (tertiary/aromatic N) is 2. The Kier molecular flexibility index (Phi) is 6.23. The van der Waals surface area contributed by atoms with E-state index in [2.05, 4.69) is 15.9 Å². The van der Waals surface area contributed by atoms with E-state index in [0.29, 0.717) is 10.7 Å². The molecule has 2 aromatic carbocycles. The number of rotatable bonds is 6. The minimum absolute atomic E-state index is 0.220. The second-order valence-corrected chi connectivity index (χ2v) is 8.03. The lowest BCUT2D eigenvalue weighted by atomic mass is 10.2. The zero-order chi connectivity index (χ0) is 19.4. The number of anilines is 1. The quantitative estimate of drug-likeness (QED) is 0.605. The van der Waals surface area contributed by atoms with Crippen molar-refractivity contribution in [1.82, 2.24) is 4.90 Å². The van der Waals surface area contributed by atoms with Gasteiger partial charge in [0.05, 0.1) is 11.4 Å². The van der Waals surface area contributed by atoms with Crippen molar-refractivity contribution in [3.63, 3.8) is 0 Å². The number of benzene rings is 2. The summed E-state index contributed by atoms with van der Waals surface area (Å²) in [6.07, 6.45) is 1.75. The molecule has 0 aromatic heterocycles. The average molecular weight is 447 g/mol. The lowest BCUT2D eigenvalue weighted by Gasteiger charge is -2.13. The van der Waals surface area contributed by atoms with Gasteiger partial charge in [0.15, 0.2) is 0 Å². The van der Waals surface area contributed by atoms with E-state index in [9.17, 15) is 9.59 Å². The van der Waals surface area contributed by atoms with Crippen LogP contribution in [-0.4, -0.2) is 43.3 Å². The van der Waals surface area contributed by atoms with E-state index in [-0.39, 0.29) is 24.3 Å². The highest BCUT2D eigenvalue weighted by atomic mass is 79.9. The number of thioether (sulfide) groups is 1. The van der Waals surface area contributed by atoms with Crippen molar-refractivity contribution >= 4 is 50.6 Å². The molecule has 0 radical (unpaired) electrons. The average Bonchev–Trinajstić information content (AvgIpc) is 2.91. The maximum Gasteiger partial charge on any atom is 0.293 e. The molecule has 140 valence electrons. The number of halogens is 1. The van der Waals surface area contributed by atoms with Gasteiger partial charge in [-0.05, 0) is 59.8 Å². The van der Waals surface area contributed by atoms with Crippen molar-refractivity contribution in [3.8, 4) is 5.75 Å². The molecular weight excluding hydrogens is 428 g/mol. The van der Waals surface area contributed by atoms with Crippen molar-refractivity contribution in [2.75, 3.05) is 32.1 Å². The van der Waals surface area contributed by atoms with Crippen LogP contribution in [0.3, 0.4) is 0 Å². The Balaban J connectivity index is 1.61. The third kappa shape index (κ3) is 4.93. The minimum Gasteiger partial charge on any atom is -0.492 e. The number of hydrogen-bond donors (Lipinski definition) is 0. The van der Waals surface area contributed by atoms with Crippen LogP contribution >= 0.6 is 27.7 Å². The van der Waals surface area contributed by atoms with Crippen LogP contribution < -0.4 is 9.64 Å². The Labute approximate surface area is 171 Å². The summed E-state index contributed by atoms with van der Waals surface area (Å²) in [7, 11) is 3.94. The number of imide groups is 1. The van der Waals surface area contributed by atoms with Gasteiger partial charge in [-0.25, -0.2) is 0 Å². The highest BCUT2D eigenvalue weighted by molar-refractivity contribution is 9.10. The van der Waals surface area contributed by atoms with Crippen molar-refractivity contribution in [2.45, 2.75) is 0 Å². The fourth-order valence-corrected chi connectivity index (χ4v) is 3.63. The van der Waals surface area contributed by atoms with Crippen molar-refractivity contribution in [3.05, 3.63) is 63.5 Å². The Morgan fingerprint density at radius 1 is 1.07 bits per heavy atom. The first-order valence-corrected chi connectivity index (χ1v) is 9.96. The largest absolute Gasteiger partial charge is 0.492 e. The predicted octanol–water partition coefficient (Wildman–Crippen LogP) is 4.63. The molecule has 0 saturated carbocycles. The van der Waals surface area contributed by atoms with Gasteiger partial charge in [0.25, 0.3) is 11.1 Å². The Bertz CT molecular complexity index is 864. The fourth-order valence-electron chi connectivity index (χ4n) is 2.50. The van der Waals surface area contributed by atoms with Crippen LogP contribution in [0.2, 0.25) is 0 Å². The van der Waals surface area contributed by atoms with Crippen LogP contribution in [0.1, 0.15) is 5.56 Å². The number of hydrogen-bond acceptors (Lipinski definition) is 5. The third-order valence-electron chi connectivity index (χ3n) is 3.98. The van der Waals surface area contributed by atoms with Gasteiger partial charge in [-0.2, -0.15) is 0 Å². The zero-order valence-electron chi connectivity index (χ0n) is 15.0. The van der Waals surface area contributed by atoms with Gasteiger partial charge in [0.1, 0.15) is 12.4 Å². The van der Waals surface area contributed by atoms with Crippen LogP contribution in [0.15, 0.2) is 57.9 Å². The van der Waals surface area contributed by atoms with Crippen LogP contribution in [-0.2, 0) is 4.79 Å². The molecule has 1 aliphatic heterocycles. The third-order valence-corrected chi connectivity index (χ3v) is 5.41. The minimum atomic E-state index is -0.277. The van der Waals surface area contributed by atoms with Gasteiger partial charge < -0.3 is 9.64 Å². The Morgan fingerprint density at radius 3 is 2.37 bits per heavy atom. The summed E-state index contributed by atoms with van der Waals surface area (Å²) < 4.78 is 6.57. The summed E-state index contributed by atoms with van der Waals surface area (Å²) in [6.45, 7) is 0.474. The van der Waals surface area contributed by atoms with E-state index in [1.54, 1.807) is 6.08 Å². The number of carbonyl (C=O) groups excluding carboxylic acids is 2. The van der Waals surface area contributed by atoms with Crippen LogP contribution in [0.25, 0.3) is 6.08 Å². The summed E-state index contributed by atoms with van der Waals surface area (Å²) in [6, 6.07) is 15.2. The van der Waals surface area contributed by atoms with Crippen LogP contribution in [0, 0.1) is 0 Å². The van der Waals surface area contributed by atoms with Gasteiger partial charge in [0.2, 0.25) is 0 Å². The Morgan fingerprint density at radius 2 is 1.74 bits per heavy atom. The molecule has 0 N–H and O–H groups in total. The molecule has 1 heterocycles. The van der Waals surface area contributed by atoms with E-state index in [4.69, 9.17) is 4.74 Å². The van der Waals surface area contributed by atoms with Gasteiger partial charge in [-0.15, -0.1) is 0 Å². The van der Waals surface area contributed by atoms with Gasteiger partial charge >= 0.3 is 0 Å². The summed E-state index contributed by atoms with van der Waals surface area (Å²) >= 11 is 4.33. The van der Waals surface area contributed by atoms with Crippen molar-refractivity contribution in [2.24, 2.45) is 0 Å². The molecule has 0 aliphatic carbocycles. The van der Waals surface area contributed by atoms with E-state index in [0.717, 1.165) is 27.5 Å². The maximum atomic E-state index is 12.5. The standard InChI is InChI=1S/C20H19BrN2O3S/c1-22(2)16-7-3-14(4-8-16)13-18-19(24)23(20(25)27-18)11-12-26-17-9-5-15(21)6-10-17/h3-10,13H,11-12H2,1-2H3/b18-13+. The normalized spacial score (nSPS) is 15.5. The molecule has 2 aromatic rings. The predicted molar refractivity (Wildman–Crippen MR) is 113 cm³/mol. The zero-order valence-corrected chi connectivity index (χ0v) is 17.4. The smallest absolute Gasteiger partial charge is 0.293 e. The van der Waals surface area contributed by atoms with Crippen LogP contribution in [0.5, 0.6) is 5.75 Å². The summed E-state index contributed by atoms with van der Waals surface area (Å²) in [4.78, 5) is 28.4. The number of amides is 2. The number of carbonyl (C=O) groups is 2. The molecule has 3 rings (SSSR count). The van der Waals surface area contributed by atoms with Gasteiger partial charge in [-0.1, -0.05) is 28.1 Å². The van der Waals surface area contributed by atoms with Gasteiger partial charge in [-0.3, -0.25) is 14.5 Å². The fraction of sp³-hybridized carbons (Fsp3) is 0.200. The second-order valence-electron chi connectivity index (χ2n) is 6.12. The van der Waals surface area contributed by atoms with E-state index in [1.165, 1.54) is 4.90 Å². The lowest BCUT2D eigenvalue weighted by Crippen LogP contribution is -2.32. The maximum absolute atomic E-state index is 12.5. The highest BCUT2D eigenvalue weighted by Crippen LogP contribution is 2.32. The van der Waals surface area contributed by atoms with E-state index >= 15 is 0 Å². The molecule has 0 unspecified atom stereocenters. The summed E-state index contributed by atoms with van der Waals surface area (Å²) in [5.41, 5.74) is 1.96. The van der Waals surface area contributed by atoms with Crippen molar-refractivity contribution < 1.29 is 14.3 Å². The molecule has 1 saturated heterocycles. The summed E-state index contributed by atoms with van der Waals surface area (Å²) in [5, 5.41) is -0.268. The lowest BCUT2D eigenvalue weighted by molar-refractivity contribution is -0.123. The van der Waals surface area contributed by atoms with E-state index < -0.39 is 0 Å². The molecule has 2 amide bonds. The Hall–Kier alpha value is -2.25. The first kappa shape index (κ1) is 19.5. The molecule has 0 atom stereocenters. The first-order valence-electron chi connectivity index (χ1n) is 8.35. The van der Waals surface area contributed by atoms with Crippen molar-refractivity contribution in [1.29, 1.82) is 0 Å². The SMILES string of the molecule is CN(C)c1ccc(/C=C2/SC(=O)N(CCOc3ccc(Br)cc3)C2=O)cc1. The highest BCUT2D eigenvalue weighted by Gasteiger charge is 2.34. The monoisotopic (exact) mass is 446 g/mol. The molecule has 1 aliphatic rings. The second kappa shape index (κ2) is 8.63. The van der Waals surface area contributed by atoms with Gasteiger partial charge in [0, 0.05) is 24.3 Å². The topological polar surface area (TPSA) is 49.9 Å².